The highest BCUT2D eigenvalue weighted by atomic mass is 32.1. The molecule has 0 aliphatic heterocycles. The van der Waals surface area contributed by atoms with Crippen LogP contribution >= 0.6 is 11.3 Å². The van der Waals surface area contributed by atoms with E-state index in [0.29, 0.717) is 5.56 Å². The van der Waals surface area contributed by atoms with E-state index in [9.17, 15) is 14.4 Å². The molecular formula is C16H17N3O5S. The molecule has 0 bridgehead atoms. The molecule has 0 aliphatic rings. The molecule has 9 heteroatoms. The number of aryl methyl sites for hydroxylation is 1. The highest BCUT2D eigenvalue weighted by Gasteiger charge is 2.26. The van der Waals surface area contributed by atoms with Gasteiger partial charge >= 0.3 is 11.9 Å². The number of thiophene rings is 1. The van der Waals surface area contributed by atoms with Gasteiger partial charge in [-0.3, -0.25) is 9.48 Å². The number of carbonyl (C=O) groups excluding carboxylic acids is 3. The maximum absolute atomic E-state index is 12.1. The summed E-state index contributed by atoms with van der Waals surface area (Å²) < 4.78 is 11.0. The molecule has 8 nitrogen and oxygen atoms in total. The van der Waals surface area contributed by atoms with Gasteiger partial charge in [0.05, 0.1) is 26.0 Å². The third kappa shape index (κ3) is 4.13. The minimum atomic E-state index is -0.643. The van der Waals surface area contributed by atoms with E-state index in [-0.39, 0.29) is 15.4 Å². The number of nitrogens with one attached hydrogen (secondary N) is 1. The largest absolute Gasteiger partial charge is 0.465 e. The number of nitrogens with zero attached hydrogens (tertiary/aromatic N) is 2. The average molecular weight is 363 g/mol. The van der Waals surface area contributed by atoms with Crippen LogP contribution in [0, 0.1) is 6.92 Å². The summed E-state index contributed by atoms with van der Waals surface area (Å²) in [7, 11) is 4.24. The lowest BCUT2D eigenvalue weighted by Gasteiger charge is -2.03. The first-order chi connectivity index (χ1) is 11.9. The monoisotopic (exact) mass is 363 g/mol. The number of hydrogen-bond donors (Lipinski definition) is 1. The van der Waals surface area contributed by atoms with Crippen molar-refractivity contribution in [2.75, 3.05) is 19.5 Å². The van der Waals surface area contributed by atoms with Crippen LogP contribution < -0.4 is 5.32 Å². The molecule has 2 aromatic rings. The maximum Gasteiger partial charge on any atom is 0.348 e. The highest BCUT2D eigenvalue weighted by Crippen LogP contribution is 2.34. The van der Waals surface area contributed by atoms with Crippen LogP contribution in [0.25, 0.3) is 6.08 Å². The Morgan fingerprint density at radius 1 is 1.24 bits per heavy atom. The summed E-state index contributed by atoms with van der Waals surface area (Å²) in [6.07, 6.45) is 6.25. The number of esters is 2. The first kappa shape index (κ1) is 18.4. The Morgan fingerprint density at radius 3 is 2.48 bits per heavy atom. The summed E-state index contributed by atoms with van der Waals surface area (Å²) >= 11 is 0.959. The van der Waals surface area contributed by atoms with Crippen molar-refractivity contribution in [3.8, 4) is 0 Å². The fourth-order valence-electron chi connectivity index (χ4n) is 2.09. The average Bonchev–Trinajstić information content (AvgIpc) is 3.15. The molecule has 0 aromatic carbocycles. The smallest absolute Gasteiger partial charge is 0.348 e. The van der Waals surface area contributed by atoms with E-state index in [2.05, 4.69) is 10.4 Å². The summed E-state index contributed by atoms with van der Waals surface area (Å²) in [6, 6.07) is 0. The molecule has 0 unspecified atom stereocenters. The van der Waals surface area contributed by atoms with E-state index in [1.54, 1.807) is 37.1 Å². The van der Waals surface area contributed by atoms with Gasteiger partial charge < -0.3 is 14.8 Å². The number of hydrogen-bond acceptors (Lipinski definition) is 7. The number of amides is 1. The van der Waals surface area contributed by atoms with Gasteiger partial charge in [0, 0.05) is 24.9 Å². The van der Waals surface area contributed by atoms with Crippen molar-refractivity contribution < 1.29 is 23.9 Å². The number of carbonyl (C=O) groups is 3. The number of methoxy groups -OCH3 is 2. The van der Waals surface area contributed by atoms with Gasteiger partial charge in [-0.2, -0.15) is 5.10 Å². The molecule has 0 fully saturated rings. The van der Waals surface area contributed by atoms with Gasteiger partial charge in [-0.15, -0.1) is 11.3 Å². The molecule has 0 atom stereocenters. The van der Waals surface area contributed by atoms with E-state index >= 15 is 0 Å². The zero-order valence-corrected chi connectivity index (χ0v) is 15.0. The Morgan fingerprint density at radius 2 is 1.92 bits per heavy atom. The molecule has 0 radical (unpaired) electrons. The van der Waals surface area contributed by atoms with E-state index in [4.69, 9.17) is 9.47 Å². The molecule has 2 heterocycles. The Labute approximate surface area is 148 Å². The normalized spacial score (nSPS) is 10.7. The first-order valence-corrected chi connectivity index (χ1v) is 7.96. The topological polar surface area (TPSA) is 99.5 Å². The lowest BCUT2D eigenvalue weighted by atomic mass is 10.1. The van der Waals surface area contributed by atoms with Crippen LogP contribution in [0.3, 0.4) is 0 Å². The summed E-state index contributed by atoms with van der Waals surface area (Å²) in [5, 5.41) is 6.82. The quantitative estimate of drug-likeness (QED) is 0.644. The van der Waals surface area contributed by atoms with Gasteiger partial charge in [0.25, 0.3) is 0 Å². The van der Waals surface area contributed by atoms with Gasteiger partial charge in [0.15, 0.2) is 0 Å². The fourth-order valence-corrected chi connectivity index (χ4v) is 3.20. The molecule has 2 rings (SSSR count). The van der Waals surface area contributed by atoms with Crippen molar-refractivity contribution in [2.45, 2.75) is 6.92 Å². The number of rotatable bonds is 5. The summed E-state index contributed by atoms with van der Waals surface area (Å²) in [5.41, 5.74) is 1.29. The molecule has 1 N–H and O–H groups in total. The Balaban J connectivity index is 2.28. The lowest BCUT2D eigenvalue weighted by Crippen LogP contribution is -2.11. The fraction of sp³-hybridized carbons (Fsp3) is 0.250. The van der Waals surface area contributed by atoms with Crippen molar-refractivity contribution in [1.82, 2.24) is 9.78 Å². The number of aromatic nitrogens is 2. The van der Waals surface area contributed by atoms with Gasteiger partial charge in [-0.25, -0.2) is 9.59 Å². The second-order valence-electron chi connectivity index (χ2n) is 5.01. The predicted molar refractivity (Wildman–Crippen MR) is 92.6 cm³/mol. The van der Waals surface area contributed by atoms with Gasteiger partial charge in [0.1, 0.15) is 9.88 Å². The van der Waals surface area contributed by atoms with Crippen molar-refractivity contribution >= 4 is 40.3 Å². The van der Waals surface area contributed by atoms with Crippen LogP contribution in [-0.4, -0.2) is 41.8 Å². The molecule has 0 spiro atoms. The van der Waals surface area contributed by atoms with Crippen LogP contribution in [0.4, 0.5) is 5.00 Å². The van der Waals surface area contributed by atoms with Crippen LogP contribution in [0.1, 0.15) is 31.2 Å². The van der Waals surface area contributed by atoms with Crippen molar-refractivity contribution in [2.24, 2.45) is 7.05 Å². The van der Waals surface area contributed by atoms with E-state index in [0.717, 1.165) is 16.9 Å². The second-order valence-corrected chi connectivity index (χ2v) is 6.03. The van der Waals surface area contributed by atoms with Crippen LogP contribution in [-0.2, 0) is 21.3 Å². The van der Waals surface area contributed by atoms with E-state index in [1.807, 2.05) is 0 Å². The molecule has 132 valence electrons. The highest BCUT2D eigenvalue weighted by molar-refractivity contribution is 7.18. The third-order valence-corrected chi connectivity index (χ3v) is 4.48. The predicted octanol–water partition coefficient (Wildman–Crippen LogP) is 2.02. The summed E-state index contributed by atoms with van der Waals surface area (Å²) in [4.78, 5) is 36.2. The zero-order valence-electron chi connectivity index (χ0n) is 14.2. The molecule has 0 saturated heterocycles. The Bertz CT molecular complexity index is 850. The Kier molecular flexibility index (Phi) is 5.71. The molecule has 1 amide bonds. The third-order valence-electron chi connectivity index (χ3n) is 3.30. The maximum atomic E-state index is 12.1. The van der Waals surface area contributed by atoms with Crippen LogP contribution in [0.2, 0.25) is 0 Å². The molecule has 0 aliphatic carbocycles. The standard InChI is InChI=1S/C16H17N3O5S/c1-9-12(15(21)23-3)14(25-13(9)16(22)24-4)18-11(20)6-5-10-7-17-19(2)8-10/h5-8H,1-4H3,(H,18,20). The minimum absolute atomic E-state index is 0.135. The van der Waals surface area contributed by atoms with Crippen LogP contribution in [0.5, 0.6) is 0 Å². The summed E-state index contributed by atoms with van der Waals surface area (Å²) in [5.74, 6) is -1.68. The molecule has 0 saturated carbocycles. The second kappa shape index (κ2) is 7.75. The van der Waals surface area contributed by atoms with Crippen molar-refractivity contribution in [1.29, 1.82) is 0 Å². The SMILES string of the molecule is COC(=O)c1sc(NC(=O)C=Cc2cnn(C)c2)c(C(=O)OC)c1C. The van der Waals surface area contributed by atoms with Crippen molar-refractivity contribution in [3.05, 3.63) is 40.0 Å². The number of anilines is 1. The minimum Gasteiger partial charge on any atom is -0.465 e. The first-order valence-electron chi connectivity index (χ1n) is 7.15. The summed E-state index contributed by atoms with van der Waals surface area (Å²) in [6.45, 7) is 1.59. The zero-order chi connectivity index (χ0) is 18.6. The van der Waals surface area contributed by atoms with E-state index < -0.39 is 17.8 Å². The van der Waals surface area contributed by atoms with E-state index in [1.165, 1.54) is 20.3 Å². The van der Waals surface area contributed by atoms with Gasteiger partial charge in [0.2, 0.25) is 5.91 Å². The number of ether oxygens (including phenoxy) is 2. The lowest BCUT2D eigenvalue weighted by molar-refractivity contribution is -0.111. The van der Waals surface area contributed by atoms with Gasteiger partial charge in [-0.05, 0) is 18.6 Å². The van der Waals surface area contributed by atoms with Crippen LogP contribution in [0.15, 0.2) is 18.5 Å². The Hall–Kier alpha value is -2.94. The molecule has 25 heavy (non-hydrogen) atoms. The van der Waals surface area contributed by atoms with Gasteiger partial charge in [-0.1, -0.05) is 0 Å². The molecular weight excluding hydrogens is 346 g/mol. The van der Waals surface area contributed by atoms with Crippen molar-refractivity contribution in [3.63, 3.8) is 0 Å². The molecule has 2 aromatic heterocycles.